The van der Waals surface area contributed by atoms with E-state index in [1.165, 1.54) is 46.2 Å². The Morgan fingerprint density at radius 1 is 0.634 bits per heavy atom. The van der Waals surface area contributed by atoms with Gasteiger partial charge in [-0.25, -0.2) is 0 Å². The predicted molar refractivity (Wildman–Crippen MR) is 248 cm³/mol. The second-order valence-electron chi connectivity index (χ2n) is 17.3. The van der Waals surface area contributed by atoms with E-state index in [0.717, 1.165) is 36.4 Å². The highest BCUT2D eigenvalue weighted by atomic mass is 32.2. The number of ether oxygens (including phenoxy) is 2. The molecule has 2 atom stereocenters. The lowest BCUT2D eigenvalue weighted by molar-refractivity contribution is -0.215. The number of alkyl halides is 6. The molecule has 4 aliphatic heterocycles. The van der Waals surface area contributed by atoms with E-state index >= 15 is 26.3 Å². The number of esters is 2. The minimum atomic E-state index is -5.19. The third kappa shape index (κ3) is 11.7. The molecular weight excluding hydrogens is 959 g/mol. The molecule has 2 unspecified atom stereocenters. The number of hydrogen-bond acceptors (Lipinski definition) is 11. The third-order valence-corrected chi connectivity index (χ3v) is 13.8. The number of rotatable bonds is 12. The van der Waals surface area contributed by atoms with Gasteiger partial charge in [-0.3, -0.25) is 19.2 Å². The summed E-state index contributed by atoms with van der Waals surface area (Å²) in [6.07, 6.45) is -3.81. The van der Waals surface area contributed by atoms with E-state index in [1.807, 2.05) is 0 Å². The highest BCUT2D eigenvalue weighted by Crippen LogP contribution is 2.50. The molecule has 71 heavy (non-hydrogen) atoms. The van der Waals surface area contributed by atoms with Crippen LogP contribution in [-0.2, 0) is 63.6 Å². The molecule has 12 nitrogen and oxygen atoms in total. The quantitative estimate of drug-likeness (QED) is 0.0582. The van der Waals surface area contributed by atoms with Crippen LogP contribution in [-0.4, -0.2) is 86.2 Å². The lowest BCUT2D eigenvalue weighted by Crippen LogP contribution is -2.42. The Kier molecular flexibility index (Phi) is 15.8. The Labute approximate surface area is 409 Å². The smallest absolute Gasteiger partial charge is 0.418 e. The highest BCUT2D eigenvalue weighted by molar-refractivity contribution is 7.99. The third-order valence-electron chi connectivity index (χ3n) is 12.6. The molecular formula is C52H50F6N2O10S. The van der Waals surface area contributed by atoms with Gasteiger partial charge in [0, 0.05) is 72.1 Å². The SMILES string of the molecule is CCOC(=O)C1CCCN(C(=O)/C=C/c2c(-c3ccc4c(c3)CCOO4)ccc(Sc3ccc(-c4ccc5c(c4)CCOO5)c(/C=C/C(=O)N4CCCC(C(=O)OCC)C4)c3C(F)(F)F)c2C(F)(F)F)C1. The highest BCUT2D eigenvalue weighted by Gasteiger charge is 2.41. The van der Waals surface area contributed by atoms with Crippen molar-refractivity contribution in [2.75, 3.05) is 52.6 Å². The van der Waals surface area contributed by atoms with Gasteiger partial charge in [-0.05, 0) is 121 Å². The zero-order valence-electron chi connectivity index (χ0n) is 38.8. The van der Waals surface area contributed by atoms with Crippen molar-refractivity contribution in [3.63, 3.8) is 0 Å². The van der Waals surface area contributed by atoms with Crippen LogP contribution in [0.15, 0.2) is 82.6 Å². The van der Waals surface area contributed by atoms with Crippen molar-refractivity contribution in [3.8, 4) is 33.8 Å². The number of fused-ring (bicyclic) bond motifs is 2. The van der Waals surface area contributed by atoms with Gasteiger partial charge in [0.15, 0.2) is 11.5 Å². The largest absolute Gasteiger partial charge is 0.466 e. The molecule has 2 saturated heterocycles. The predicted octanol–water partition coefficient (Wildman–Crippen LogP) is 10.6. The molecule has 2 fully saturated rings. The molecule has 8 rings (SSSR count). The Bertz CT molecular complexity index is 2560. The topological polar surface area (TPSA) is 130 Å². The number of nitrogens with zero attached hydrogens (tertiary/aromatic N) is 2. The number of carbonyl (C=O) groups is 4. The average molecular weight is 1010 g/mol. The molecule has 376 valence electrons. The van der Waals surface area contributed by atoms with E-state index in [1.54, 1.807) is 26.0 Å². The maximum atomic E-state index is 15.9. The van der Waals surface area contributed by atoms with Gasteiger partial charge in [-0.1, -0.05) is 36.0 Å². The molecule has 4 aliphatic rings. The van der Waals surface area contributed by atoms with E-state index in [4.69, 9.17) is 29.0 Å². The Morgan fingerprint density at radius 2 is 1.06 bits per heavy atom. The van der Waals surface area contributed by atoms with Gasteiger partial charge in [0.05, 0.1) is 49.4 Å². The molecule has 4 aromatic rings. The van der Waals surface area contributed by atoms with Crippen LogP contribution in [0.1, 0.15) is 72.9 Å². The number of halogens is 6. The molecule has 0 aromatic heterocycles. The molecule has 0 spiro atoms. The fraction of sp³-hybridized carbons (Fsp3) is 0.385. The van der Waals surface area contributed by atoms with E-state index in [9.17, 15) is 19.2 Å². The van der Waals surface area contributed by atoms with Gasteiger partial charge < -0.3 is 29.0 Å². The van der Waals surface area contributed by atoms with Gasteiger partial charge >= 0.3 is 24.3 Å². The van der Waals surface area contributed by atoms with E-state index in [2.05, 4.69) is 0 Å². The van der Waals surface area contributed by atoms with Gasteiger partial charge in [-0.15, -0.1) is 0 Å². The average Bonchev–Trinajstić information content (AvgIpc) is 3.36. The summed E-state index contributed by atoms with van der Waals surface area (Å²) in [7, 11) is 0. The zero-order valence-corrected chi connectivity index (χ0v) is 39.6. The molecule has 0 aliphatic carbocycles. The monoisotopic (exact) mass is 1010 g/mol. The molecule has 0 saturated carbocycles. The van der Waals surface area contributed by atoms with E-state index in [0.29, 0.717) is 72.3 Å². The lowest BCUT2D eigenvalue weighted by atomic mass is 9.92. The van der Waals surface area contributed by atoms with Crippen molar-refractivity contribution in [1.29, 1.82) is 0 Å². The first-order valence-electron chi connectivity index (χ1n) is 23.3. The zero-order chi connectivity index (χ0) is 50.5. The Balaban J connectivity index is 1.25. The maximum Gasteiger partial charge on any atom is 0.418 e. The van der Waals surface area contributed by atoms with Gasteiger partial charge in [0.25, 0.3) is 0 Å². The number of likely N-dealkylation sites (tertiary alicyclic amines) is 2. The van der Waals surface area contributed by atoms with Gasteiger partial charge in [0.1, 0.15) is 0 Å². The first kappa shape index (κ1) is 51.1. The fourth-order valence-electron chi connectivity index (χ4n) is 9.26. The van der Waals surface area contributed by atoms with Crippen molar-refractivity contribution in [2.24, 2.45) is 11.8 Å². The van der Waals surface area contributed by atoms with Crippen LogP contribution in [0, 0.1) is 11.8 Å². The summed E-state index contributed by atoms with van der Waals surface area (Å²) in [5.41, 5.74) is -1.61. The maximum absolute atomic E-state index is 15.9. The Morgan fingerprint density at radius 3 is 1.45 bits per heavy atom. The summed E-state index contributed by atoms with van der Waals surface area (Å²) < 4.78 is 105. The first-order chi connectivity index (χ1) is 34.0. The number of hydrogen-bond donors (Lipinski definition) is 0. The van der Waals surface area contributed by atoms with Gasteiger partial charge in [0.2, 0.25) is 11.8 Å². The van der Waals surface area contributed by atoms with Crippen LogP contribution < -0.4 is 9.78 Å². The summed E-state index contributed by atoms with van der Waals surface area (Å²) in [6.45, 7) is 4.38. The first-order valence-corrected chi connectivity index (χ1v) is 24.1. The lowest BCUT2D eigenvalue weighted by Gasteiger charge is -2.30. The van der Waals surface area contributed by atoms with Crippen molar-refractivity contribution in [2.45, 2.75) is 74.5 Å². The normalized spacial score (nSPS) is 18.4. The van der Waals surface area contributed by atoms with Crippen LogP contribution >= 0.6 is 11.8 Å². The molecule has 0 N–H and O–H groups in total. The van der Waals surface area contributed by atoms with Crippen LogP contribution in [0.3, 0.4) is 0 Å². The van der Waals surface area contributed by atoms with Crippen LogP contribution in [0.25, 0.3) is 34.4 Å². The second kappa shape index (κ2) is 22.0. The van der Waals surface area contributed by atoms with Gasteiger partial charge in [-0.2, -0.15) is 36.1 Å². The molecule has 2 amide bonds. The number of benzene rings is 4. The summed E-state index contributed by atoms with van der Waals surface area (Å²) in [4.78, 5) is 74.9. The standard InChI is InChI=1S/C52H50F6N2O10S/c1-3-65-49(63)35-7-5-23-59(29-35)45(61)19-13-39-37(31-9-15-41-33(27-31)21-25-67-69-41)11-17-43(47(39)51(53,54)55)71-44-18-12-38(32-10-16-42-34(28-32)22-26-68-70-42)40(48(44)52(56,57)58)14-20-46(62)60-24-6-8-36(30-60)50(64)66-4-2/h9-20,27-28,35-36H,3-8,21-26,29-30H2,1-2H3/b19-13+,20-14+. The Hall–Kier alpha value is -6.31. The minimum Gasteiger partial charge on any atom is -0.466 e. The summed E-state index contributed by atoms with van der Waals surface area (Å²) in [5, 5.41) is 0. The minimum absolute atomic E-state index is 0.0117. The fourth-order valence-corrected chi connectivity index (χ4v) is 10.4. The summed E-state index contributed by atoms with van der Waals surface area (Å²) in [6, 6.07) is 14.3. The number of piperidine rings is 2. The van der Waals surface area contributed by atoms with Crippen molar-refractivity contribution in [3.05, 3.63) is 106 Å². The van der Waals surface area contributed by atoms with Crippen molar-refractivity contribution >= 4 is 47.7 Å². The molecule has 19 heteroatoms. The van der Waals surface area contributed by atoms with Crippen molar-refractivity contribution < 1.29 is 74.5 Å². The van der Waals surface area contributed by atoms with E-state index in [-0.39, 0.29) is 75.5 Å². The second-order valence-corrected chi connectivity index (χ2v) is 18.4. The number of amides is 2. The summed E-state index contributed by atoms with van der Waals surface area (Å²) >= 11 is 0.243. The summed E-state index contributed by atoms with van der Waals surface area (Å²) in [5.74, 6) is -2.85. The molecule has 0 radical (unpaired) electrons. The van der Waals surface area contributed by atoms with Crippen molar-refractivity contribution in [1.82, 2.24) is 9.80 Å². The molecule has 4 aromatic carbocycles. The number of carbonyl (C=O) groups excluding carboxylic acids is 4. The van der Waals surface area contributed by atoms with Crippen LogP contribution in [0.2, 0.25) is 0 Å². The molecule has 4 heterocycles. The van der Waals surface area contributed by atoms with E-state index < -0.39 is 80.0 Å². The van der Waals surface area contributed by atoms with Crippen LogP contribution in [0.5, 0.6) is 11.5 Å². The van der Waals surface area contributed by atoms with Crippen LogP contribution in [0.4, 0.5) is 26.3 Å². The molecule has 0 bridgehead atoms.